The van der Waals surface area contributed by atoms with Crippen LogP contribution in [0.1, 0.15) is 5.56 Å². The van der Waals surface area contributed by atoms with Crippen LogP contribution in [0.3, 0.4) is 0 Å². The summed E-state index contributed by atoms with van der Waals surface area (Å²) in [6.07, 6.45) is -0.0134. The third-order valence-electron chi connectivity index (χ3n) is 4.02. The van der Waals surface area contributed by atoms with E-state index in [4.69, 9.17) is 0 Å². The molecule has 0 fully saturated rings. The number of likely N-dealkylation sites (N-methyl/N-ethyl adjacent to an activating group) is 1. The summed E-state index contributed by atoms with van der Waals surface area (Å²) < 4.78 is 0. The third kappa shape index (κ3) is 3.10. The summed E-state index contributed by atoms with van der Waals surface area (Å²) in [6, 6.07) is 20.0. The molecule has 3 aromatic rings. The van der Waals surface area contributed by atoms with Crippen LogP contribution in [0.25, 0.3) is 10.8 Å². The monoisotopic (exact) mass is 320 g/mol. The highest BCUT2D eigenvalue weighted by atomic mass is 16.6. The van der Waals surface area contributed by atoms with Crippen molar-refractivity contribution >= 4 is 28.1 Å². The van der Waals surface area contributed by atoms with Crippen LogP contribution in [-0.4, -0.2) is 17.9 Å². The van der Waals surface area contributed by atoms with E-state index < -0.39 is 4.92 Å². The average Bonchev–Trinajstić information content (AvgIpc) is 2.61. The van der Waals surface area contributed by atoms with Gasteiger partial charge in [-0.3, -0.25) is 14.9 Å². The minimum atomic E-state index is -0.460. The Morgan fingerprint density at radius 2 is 1.67 bits per heavy atom. The molecule has 0 N–H and O–H groups in total. The van der Waals surface area contributed by atoms with Gasteiger partial charge in [0.1, 0.15) is 0 Å². The van der Waals surface area contributed by atoms with Crippen LogP contribution >= 0.6 is 0 Å². The van der Waals surface area contributed by atoms with E-state index in [1.165, 1.54) is 11.0 Å². The zero-order chi connectivity index (χ0) is 17.1. The first-order valence-electron chi connectivity index (χ1n) is 7.54. The maximum atomic E-state index is 12.5. The lowest BCUT2D eigenvalue weighted by Crippen LogP contribution is -2.28. The number of fused-ring (bicyclic) bond motifs is 1. The zero-order valence-electron chi connectivity index (χ0n) is 13.2. The molecule has 0 aliphatic heterocycles. The van der Waals surface area contributed by atoms with Crippen LogP contribution in [0.5, 0.6) is 0 Å². The molecule has 0 heterocycles. The van der Waals surface area contributed by atoms with Gasteiger partial charge in [-0.05, 0) is 22.9 Å². The summed E-state index contributed by atoms with van der Waals surface area (Å²) in [5, 5.41) is 13.2. The van der Waals surface area contributed by atoms with Crippen molar-refractivity contribution in [1.29, 1.82) is 0 Å². The van der Waals surface area contributed by atoms with Gasteiger partial charge in [-0.15, -0.1) is 0 Å². The van der Waals surface area contributed by atoms with Crippen LogP contribution in [0.15, 0.2) is 66.7 Å². The summed E-state index contributed by atoms with van der Waals surface area (Å²) in [4.78, 5) is 24.7. The molecule has 0 aliphatic carbocycles. The summed E-state index contributed by atoms with van der Waals surface area (Å²) in [6.45, 7) is 0. The number of carbonyl (C=O) groups excluding carboxylic acids is 1. The molecule has 0 unspecified atom stereocenters. The first-order chi connectivity index (χ1) is 11.6. The van der Waals surface area contributed by atoms with Crippen LogP contribution in [0.2, 0.25) is 0 Å². The van der Waals surface area contributed by atoms with Gasteiger partial charge >= 0.3 is 0 Å². The molecular weight excluding hydrogens is 304 g/mol. The Kier molecular flexibility index (Phi) is 4.24. The minimum absolute atomic E-state index is 0.0134. The van der Waals surface area contributed by atoms with Crippen molar-refractivity contribution in [3.63, 3.8) is 0 Å². The number of para-hydroxylation sites is 1. The minimum Gasteiger partial charge on any atom is -0.315 e. The number of benzene rings is 3. The fraction of sp³-hybridized carbons (Fsp3) is 0.105. The molecule has 5 nitrogen and oxygen atoms in total. The quantitative estimate of drug-likeness (QED) is 0.540. The van der Waals surface area contributed by atoms with Crippen molar-refractivity contribution < 1.29 is 9.72 Å². The molecule has 5 heteroatoms. The number of carbonyl (C=O) groups is 1. The molecular formula is C19H16N2O3. The standard InChI is InChI=1S/C19H16N2O3/c1-20(17-11-10-14-6-2-3-7-15(14)12-17)19(22)13-16-8-4-5-9-18(16)21(23)24/h2-12H,13H2,1H3. The predicted molar refractivity (Wildman–Crippen MR) is 94.2 cm³/mol. The van der Waals surface area contributed by atoms with Gasteiger partial charge in [0.05, 0.1) is 11.3 Å². The van der Waals surface area contributed by atoms with E-state index in [0.717, 1.165) is 16.5 Å². The SMILES string of the molecule is CN(C(=O)Cc1ccccc1[N+](=O)[O-])c1ccc2ccccc2c1. The van der Waals surface area contributed by atoms with E-state index in [-0.39, 0.29) is 18.0 Å². The van der Waals surface area contributed by atoms with Gasteiger partial charge in [0.25, 0.3) is 5.69 Å². The molecule has 3 rings (SSSR count). The van der Waals surface area contributed by atoms with Crippen molar-refractivity contribution in [2.45, 2.75) is 6.42 Å². The first-order valence-corrected chi connectivity index (χ1v) is 7.54. The summed E-state index contributed by atoms with van der Waals surface area (Å²) >= 11 is 0. The molecule has 0 bridgehead atoms. The van der Waals surface area contributed by atoms with Gasteiger partial charge in [0.2, 0.25) is 5.91 Å². The lowest BCUT2D eigenvalue weighted by atomic mass is 10.1. The Bertz CT molecular complexity index is 921. The Morgan fingerprint density at radius 3 is 2.42 bits per heavy atom. The molecule has 0 spiro atoms. The second-order valence-electron chi connectivity index (χ2n) is 5.55. The normalized spacial score (nSPS) is 10.5. The zero-order valence-corrected chi connectivity index (χ0v) is 13.2. The first kappa shape index (κ1) is 15.7. The highest BCUT2D eigenvalue weighted by Gasteiger charge is 2.18. The maximum Gasteiger partial charge on any atom is 0.273 e. The van der Waals surface area contributed by atoms with Gasteiger partial charge in [-0.2, -0.15) is 0 Å². The summed E-state index contributed by atoms with van der Waals surface area (Å²) in [7, 11) is 1.68. The van der Waals surface area contributed by atoms with E-state index in [1.54, 1.807) is 25.2 Å². The molecule has 24 heavy (non-hydrogen) atoms. The number of amides is 1. The average molecular weight is 320 g/mol. The number of hydrogen-bond acceptors (Lipinski definition) is 3. The van der Waals surface area contributed by atoms with E-state index in [9.17, 15) is 14.9 Å². The van der Waals surface area contributed by atoms with Crippen molar-refractivity contribution in [3.8, 4) is 0 Å². The molecule has 0 radical (unpaired) electrons. The van der Waals surface area contributed by atoms with Crippen molar-refractivity contribution in [1.82, 2.24) is 0 Å². The summed E-state index contributed by atoms with van der Waals surface area (Å²) in [5.41, 5.74) is 1.15. The fourth-order valence-electron chi connectivity index (χ4n) is 2.65. The largest absolute Gasteiger partial charge is 0.315 e. The lowest BCUT2D eigenvalue weighted by Gasteiger charge is -2.18. The Labute approximate surface area is 139 Å². The number of anilines is 1. The number of nitrogens with zero attached hydrogens (tertiary/aromatic N) is 2. The number of rotatable bonds is 4. The lowest BCUT2D eigenvalue weighted by molar-refractivity contribution is -0.385. The fourth-order valence-corrected chi connectivity index (χ4v) is 2.65. The molecule has 0 aromatic heterocycles. The number of hydrogen-bond donors (Lipinski definition) is 0. The Balaban J connectivity index is 1.85. The van der Waals surface area contributed by atoms with E-state index in [2.05, 4.69) is 0 Å². The van der Waals surface area contributed by atoms with Crippen LogP contribution < -0.4 is 4.90 Å². The number of nitro benzene ring substituents is 1. The third-order valence-corrected chi connectivity index (χ3v) is 4.02. The molecule has 0 saturated heterocycles. The molecule has 0 aliphatic rings. The topological polar surface area (TPSA) is 63.5 Å². The van der Waals surface area contributed by atoms with Gasteiger partial charge in [0, 0.05) is 24.4 Å². The van der Waals surface area contributed by atoms with Crippen molar-refractivity contribution in [2.75, 3.05) is 11.9 Å². The van der Waals surface area contributed by atoms with Gasteiger partial charge < -0.3 is 4.90 Å². The van der Waals surface area contributed by atoms with Crippen LogP contribution in [0, 0.1) is 10.1 Å². The Hall–Kier alpha value is -3.21. The van der Waals surface area contributed by atoms with E-state index >= 15 is 0 Å². The molecule has 1 amide bonds. The van der Waals surface area contributed by atoms with E-state index in [1.807, 2.05) is 42.5 Å². The van der Waals surface area contributed by atoms with Crippen LogP contribution in [-0.2, 0) is 11.2 Å². The predicted octanol–water partition coefficient (Wildman–Crippen LogP) is 3.95. The Morgan fingerprint density at radius 1 is 1.00 bits per heavy atom. The molecule has 3 aromatic carbocycles. The molecule has 0 saturated carbocycles. The second-order valence-corrected chi connectivity index (χ2v) is 5.55. The summed E-state index contributed by atoms with van der Waals surface area (Å²) in [5.74, 6) is -0.195. The van der Waals surface area contributed by atoms with Crippen LogP contribution in [0.4, 0.5) is 11.4 Å². The van der Waals surface area contributed by atoms with Crippen molar-refractivity contribution in [2.24, 2.45) is 0 Å². The second kappa shape index (κ2) is 6.50. The van der Waals surface area contributed by atoms with Gasteiger partial charge in [-0.1, -0.05) is 48.5 Å². The molecule has 120 valence electrons. The highest BCUT2D eigenvalue weighted by molar-refractivity contribution is 5.97. The molecule has 0 atom stereocenters. The van der Waals surface area contributed by atoms with Crippen molar-refractivity contribution in [3.05, 3.63) is 82.4 Å². The smallest absolute Gasteiger partial charge is 0.273 e. The maximum absolute atomic E-state index is 12.5. The van der Waals surface area contributed by atoms with E-state index in [0.29, 0.717) is 5.56 Å². The highest BCUT2D eigenvalue weighted by Crippen LogP contribution is 2.23. The number of nitro groups is 1. The van der Waals surface area contributed by atoms with Gasteiger partial charge in [0.15, 0.2) is 0 Å². The van der Waals surface area contributed by atoms with Gasteiger partial charge in [-0.25, -0.2) is 0 Å².